The topological polar surface area (TPSA) is 621 Å². The van der Waals surface area contributed by atoms with Crippen molar-refractivity contribution in [3.05, 3.63) is 0 Å². The maximum Gasteiger partial charge on any atom is 0.303 e. The standard InChI is InChI=1S/C74H100O50/c1-26(75)95-20-45-52(57(102-33(8)82)63(69(94)114-45)108-39(14)88)120-71-65(110-41(16)90)59(104-35(10)84)54(47(116-71)22-97-28(3)77)122-73-67(112-43(18)92)61(106-37(12)86)56(49(118-73)24-99-30(5)79)124-74-68(113-44(19)93)62(107-38(13)87)55(50(119-74)25-100-31(6)80)123-72-66(111-42(17)91)60(105-36(11)85)53(48(117-72)23-98-29(4)78)121-70-64(109-40(15)89)58(103-34(9)83)51(101-32(7)81)46(115-70)21-96-27(2)76/h45-74,94H,20-25H2,1-19H3/t45-,46-,47-,48-,49-,50-,51-,52-,53-,54-,55-,56-,57+,58+,59+,60+,61+,62+,63-,64-,65-,66-,67-,68-,69?,70+,71+,72+,73+,74+/m1/s1. The number of esters is 19. The van der Waals surface area contributed by atoms with Crippen LogP contribution in [0, 0.1) is 0 Å². The molecule has 0 saturated carbocycles. The van der Waals surface area contributed by atoms with Crippen molar-refractivity contribution in [2.24, 2.45) is 0 Å². The SMILES string of the molecule is CC(=O)OC[C@H]1O[C@@H](O[C@H]2[C@H](OC(C)=O)[C@@H](OC(C)=O)[C@H](O[C@H]3[C@H](OC(C)=O)[C@@H](OC(C)=O)[C@H](O[C@H]4[C@H](OC(C)=O)[C@@H](OC(C)=O)[C@H](O[C@H]5[C@H](OC(C)=O)[C@@H](OC(C)=O)[C@H](O[C@H]6[C@H](OC(C)=O)[C@@H](OC(C)=O)C(O)O[C@@H]6COC(C)=O)O[C@@H]5COC(C)=O)O[C@@H]4COC(C)=O)O[C@@H]3COC(C)=O)O[C@@H]2COC(C)=O)[C@H](OC(C)=O)[C@@H](OC(C)=O)[C@@H]1OC(C)=O. The lowest BCUT2D eigenvalue weighted by molar-refractivity contribution is -0.396. The second-order valence-electron chi connectivity index (χ2n) is 28.1. The molecule has 0 bridgehead atoms. The van der Waals surface area contributed by atoms with Crippen molar-refractivity contribution >= 4 is 113 Å². The smallest absolute Gasteiger partial charge is 0.303 e. The van der Waals surface area contributed by atoms with Gasteiger partial charge in [0.15, 0.2) is 117 Å². The minimum absolute atomic E-state index is 0.804. The second-order valence-corrected chi connectivity index (χ2v) is 28.1. The number of aliphatic hydroxyl groups excluding tert-OH is 1. The highest BCUT2D eigenvalue weighted by Gasteiger charge is 2.64. The third-order valence-corrected chi connectivity index (χ3v) is 17.7. The van der Waals surface area contributed by atoms with Crippen LogP contribution in [0.1, 0.15) is 132 Å². The zero-order chi connectivity index (χ0) is 92.7. The van der Waals surface area contributed by atoms with Gasteiger partial charge in [0.1, 0.15) is 107 Å². The zero-order valence-corrected chi connectivity index (χ0v) is 70.5. The van der Waals surface area contributed by atoms with Gasteiger partial charge in [0.05, 0.1) is 0 Å². The molecule has 50 nitrogen and oxygen atoms in total. The van der Waals surface area contributed by atoms with Gasteiger partial charge in [0.2, 0.25) is 0 Å². The average Bonchev–Trinajstić information content (AvgIpc) is 0.755. The van der Waals surface area contributed by atoms with E-state index in [0.717, 1.165) is 132 Å². The fourth-order valence-electron chi connectivity index (χ4n) is 13.6. The van der Waals surface area contributed by atoms with Gasteiger partial charge in [-0.1, -0.05) is 0 Å². The van der Waals surface area contributed by atoms with Crippen molar-refractivity contribution in [3.8, 4) is 0 Å². The Morgan fingerprint density at radius 1 is 0.169 bits per heavy atom. The van der Waals surface area contributed by atoms with E-state index in [4.69, 9.17) is 142 Å². The highest BCUT2D eigenvalue weighted by molar-refractivity contribution is 5.73. The summed E-state index contributed by atoms with van der Waals surface area (Å²) < 4.78 is 177. The van der Waals surface area contributed by atoms with Crippen LogP contribution >= 0.6 is 0 Å². The van der Waals surface area contributed by atoms with Crippen LogP contribution in [0.15, 0.2) is 0 Å². The number of ether oxygens (including phenoxy) is 30. The van der Waals surface area contributed by atoms with E-state index >= 15 is 0 Å². The molecule has 0 aliphatic carbocycles. The van der Waals surface area contributed by atoms with Crippen molar-refractivity contribution in [2.75, 3.05) is 39.6 Å². The van der Waals surface area contributed by atoms with E-state index in [-0.39, 0.29) is 0 Å². The lowest BCUT2D eigenvalue weighted by Gasteiger charge is -2.51. The van der Waals surface area contributed by atoms with E-state index in [1.165, 1.54) is 0 Å². The summed E-state index contributed by atoms with van der Waals surface area (Å²) in [5.74, 6) is -21.7. The summed E-state index contributed by atoms with van der Waals surface area (Å²) in [4.78, 5) is 249. The molecule has 0 spiro atoms. The molecule has 0 amide bonds. The largest absolute Gasteiger partial charge is 0.463 e. The van der Waals surface area contributed by atoms with Crippen LogP contribution in [0.5, 0.6) is 0 Å². The minimum atomic E-state index is -2.43. The number of aliphatic hydroxyl groups is 1. The third kappa shape index (κ3) is 30.4. The van der Waals surface area contributed by atoms with Crippen LogP contribution in [0.2, 0.25) is 0 Å². The fourth-order valence-corrected chi connectivity index (χ4v) is 13.6. The molecule has 124 heavy (non-hydrogen) atoms. The molecule has 0 radical (unpaired) electrons. The molecule has 6 aliphatic rings. The molecule has 30 atom stereocenters. The fraction of sp³-hybridized carbons (Fsp3) is 0.743. The van der Waals surface area contributed by atoms with E-state index in [9.17, 15) is 96.2 Å². The molecule has 696 valence electrons. The maximum atomic E-state index is 13.8. The van der Waals surface area contributed by atoms with E-state index < -0.39 is 337 Å². The van der Waals surface area contributed by atoms with Gasteiger partial charge in [-0.3, -0.25) is 91.1 Å². The van der Waals surface area contributed by atoms with E-state index in [0.29, 0.717) is 0 Å². The van der Waals surface area contributed by atoms with Gasteiger partial charge < -0.3 is 147 Å². The summed E-state index contributed by atoms with van der Waals surface area (Å²) in [6.07, 6.45) is -64.0. The summed E-state index contributed by atoms with van der Waals surface area (Å²) in [5.41, 5.74) is 0. The van der Waals surface area contributed by atoms with Crippen molar-refractivity contribution in [3.63, 3.8) is 0 Å². The molecule has 6 fully saturated rings. The lowest BCUT2D eigenvalue weighted by Crippen LogP contribution is -2.70. The quantitative estimate of drug-likeness (QED) is 0.0481. The van der Waals surface area contributed by atoms with Gasteiger partial charge in [-0.15, -0.1) is 0 Å². The first-order chi connectivity index (χ1) is 58.0. The highest BCUT2D eigenvalue weighted by Crippen LogP contribution is 2.43. The van der Waals surface area contributed by atoms with E-state index in [1.807, 2.05) is 0 Å². The van der Waals surface area contributed by atoms with Crippen molar-refractivity contribution < 1.29 is 238 Å². The zero-order valence-electron chi connectivity index (χ0n) is 70.5. The van der Waals surface area contributed by atoms with Crippen molar-refractivity contribution in [1.82, 2.24) is 0 Å². The van der Waals surface area contributed by atoms with E-state index in [2.05, 4.69) is 0 Å². The highest BCUT2D eigenvalue weighted by atomic mass is 16.8. The summed E-state index contributed by atoms with van der Waals surface area (Å²) in [6, 6.07) is 0. The Morgan fingerprint density at radius 2 is 0.298 bits per heavy atom. The van der Waals surface area contributed by atoms with Gasteiger partial charge in [0, 0.05) is 132 Å². The van der Waals surface area contributed by atoms with Gasteiger partial charge >= 0.3 is 113 Å². The second kappa shape index (κ2) is 47.0. The van der Waals surface area contributed by atoms with Gasteiger partial charge in [-0.05, 0) is 0 Å². The molecule has 6 rings (SSSR count). The number of carbonyl (C=O) groups excluding carboxylic acids is 19. The molecule has 1 N–H and O–H groups in total. The molecule has 1 unspecified atom stereocenters. The van der Waals surface area contributed by atoms with Crippen LogP contribution in [0.4, 0.5) is 0 Å². The van der Waals surface area contributed by atoms with Crippen molar-refractivity contribution in [2.45, 2.75) is 316 Å². The molecule has 0 aromatic rings. The number of hydrogen-bond donors (Lipinski definition) is 1. The van der Waals surface area contributed by atoms with Crippen LogP contribution < -0.4 is 0 Å². The lowest BCUT2D eigenvalue weighted by atomic mass is 9.94. The molecule has 6 heterocycles. The first-order valence-corrected chi connectivity index (χ1v) is 37.9. The van der Waals surface area contributed by atoms with E-state index in [1.54, 1.807) is 0 Å². The first-order valence-electron chi connectivity index (χ1n) is 37.9. The predicted molar refractivity (Wildman–Crippen MR) is 381 cm³/mol. The van der Waals surface area contributed by atoms with Crippen LogP contribution in [-0.2, 0) is 233 Å². The Balaban J connectivity index is 1.54. The Labute approximate surface area is 705 Å². The third-order valence-electron chi connectivity index (χ3n) is 17.7. The normalized spacial score (nSPS) is 33.1. The Bertz CT molecular complexity index is 3840. The molecule has 6 aliphatic heterocycles. The van der Waals surface area contributed by atoms with Crippen molar-refractivity contribution in [1.29, 1.82) is 0 Å². The van der Waals surface area contributed by atoms with Crippen LogP contribution in [0.25, 0.3) is 0 Å². The van der Waals surface area contributed by atoms with Gasteiger partial charge in [-0.2, -0.15) is 0 Å². The molecule has 6 saturated heterocycles. The molecular weight excluding hydrogens is 1690 g/mol. The first kappa shape index (κ1) is 102. The Morgan fingerprint density at radius 3 is 0.468 bits per heavy atom. The molecule has 50 heteroatoms. The number of rotatable bonds is 35. The van der Waals surface area contributed by atoms with Gasteiger partial charge in [-0.25, -0.2) is 0 Å². The minimum Gasteiger partial charge on any atom is -0.463 e. The monoisotopic (exact) mass is 1790 g/mol. The summed E-state index contributed by atoms with van der Waals surface area (Å²) >= 11 is 0. The summed E-state index contributed by atoms with van der Waals surface area (Å²) in [7, 11) is 0. The summed E-state index contributed by atoms with van der Waals surface area (Å²) in [5, 5.41) is 11.2. The average molecular weight is 1790 g/mol. The van der Waals surface area contributed by atoms with Gasteiger partial charge in [0.25, 0.3) is 0 Å². The molecular formula is C74H100O50. The molecule has 0 aromatic carbocycles. The summed E-state index contributed by atoms with van der Waals surface area (Å²) in [6.45, 7) is 10.8. The van der Waals surface area contributed by atoms with Crippen LogP contribution in [-0.4, -0.2) is 342 Å². The number of hydrogen-bond acceptors (Lipinski definition) is 50. The van der Waals surface area contributed by atoms with Crippen LogP contribution in [0.3, 0.4) is 0 Å². The predicted octanol–water partition coefficient (Wildman–Crippen LogP) is -3.26. The Kier molecular flexibility index (Phi) is 38.7. The molecule has 0 aromatic heterocycles. The maximum absolute atomic E-state index is 13.8. The Hall–Kier alpha value is -10.5. The number of carbonyl (C=O) groups is 19.